The highest BCUT2D eigenvalue weighted by atomic mass is 79.9. The van der Waals surface area contributed by atoms with Crippen LogP contribution >= 0.6 is 38.6 Å². The van der Waals surface area contributed by atoms with Crippen LogP contribution in [0.2, 0.25) is 0 Å². The molecule has 0 bridgehead atoms. The SMILES string of the molecule is CC(C)Nc1nc(N)c(C(=O)NCc2ccc(Br)s2)s1. The topological polar surface area (TPSA) is 80.0 Å². The molecule has 0 unspecified atom stereocenters. The average molecular weight is 375 g/mol. The number of nitrogens with one attached hydrogen (secondary N) is 2. The summed E-state index contributed by atoms with van der Waals surface area (Å²) in [7, 11) is 0. The largest absolute Gasteiger partial charge is 0.382 e. The van der Waals surface area contributed by atoms with Gasteiger partial charge in [-0.2, -0.15) is 0 Å². The number of rotatable bonds is 5. The van der Waals surface area contributed by atoms with Gasteiger partial charge in [-0.25, -0.2) is 4.98 Å². The first-order chi connectivity index (χ1) is 9.45. The summed E-state index contributed by atoms with van der Waals surface area (Å²) in [6, 6.07) is 4.18. The second kappa shape index (κ2) is 6.55. The summed E-state index contributed by atoms with van der Waals surface area (Å²) in [6.07, 6.45) is 0. The molecule has 0 aliphatic carbocycles. The van der Waals surface area contributed by atoms with Gasteiger partial charge in [0, 0.05) is 10.9 Å². The third-order valence-electron chi connectivity index (χ3n) is 2.32. The minimum atomic E-state index is -0.193. The Morgan fingerprint density at radius 3 is 2.80 bits per heavy atom. The molecular weight excluding hydrogens is 360 g/mol. The van der Waals surface area contributed by atoms with Gasteiger partial charge in [-0.15, -0.1) is 11.3 Å². The zero-order valence-corrected chi connectivity index (χ0v) is 14.3. The van der Waals surface area contributed by atoms with E-state index in [1.165, 1.54) is 11.3 Å². The number of thiophene rings is 1. The van der Waals surface area contributed by atoms with Gasteiger partial charge in [0.05, 0.1) is 10.3 Å². The van der Waals surface area contributed by atoms with E-state index in [1.54, 1.807) is 11.3 Å². The van der Waals surface area contributed by atoms with E-state index in [4.69, 9.17) is 5.73 Å². The Morgan fingerprint density at radius 1 is 1.45 bits per heavy atom. The van der Waals surface area contributed by atoms with Crippen LogP contribution in [-0.2, 0) is 6.54 Å². The first-order valence-corrected chi connectivity index (χ1v) is 8.43. The highest BCUT2D eigenvalue weighted by molar-refractivity contribution is 9.11. The summed E-state index contributed by atoms with van der Waals surface area (Å²) in [4.78, 5) is 17.8. The van der Waals surface area contributed by atoms with Crippen molar-refractivity contribution < 1.29 is 4.79 Å². The summed E-state index contributed by atoms with van der Waals surface area (Å²) in [6.45, 7) is 4.50. The van der Waals surface area contributed by atoms with Gasteiger partial charge in [-0.05, 0) is 41.9 Å². The molecule has 4 N–H and O–H groups in total. The van der Waals surface area contributed by atoms with Crippen LogP contribution in [0, 0.1) is 0 Å². The molecule has 1 amide bonds. The lowest BCUT2D eigenvalue weighted by Crippen LogP contribution is -2.22. The lowest BCUT2D eigenvalue weighted by molar-refractivity contribution is 0.0956. The van der Waals surface area contributed by atoms with E-state index in [1.807, 2.05) is 26.0 Å². The number of carbonyl (C=O) groups is 1. The van der Waals surface area contributed by atoms with Gasteiger partial charge in [0.15, 0.2) is 5.13 Å². The second-order valence-corrected chi connectivity index (χ2v) is 7.97. The molecule has 0 fully saturated rings. The van der Waals surface area contributed by atoms with Crippen LogP contribution in [0.1, 0.15) is 28.4 Å². The first kappa shape index (κ1) is 15.3. The van der Waals surface area contributed by atoms with Crippen LogP contribution in [0.5, 0.6) is 0 Å². The summed E-state index contributed by atoms with van der Waals surface area (Å²) >= 11 is 6.25. The quantitative estimate of drug-likeness (QED) is 0.749. The van der Waals surface area contributed by atoms with Gasteiger partial charge < -0.3 is 16.4 Å². The van der Waals surface area contributed by atoms with Crippen LogP contribution in [0.4, 0.5) is 10.9 Å². The molecular formula is C12H15BrN4OS2. The van der Waals surface area contributed by atoms with Gasteiger partial charge in [0.2, 0.25) is 0 Å². The van der Waals surface area contributed by atoms with Crippen LogP contribution in [-0.4, -0.2) is 16.9 Å². The zero-order valence-electron chi connectivity index (χ0n) is 11.1. The van der Waals surface area contributed by atoms with Gasteiger partial charge >= 0.3 is 0 Å². The number of halogens is 1. The van der Waals surface area contributed by atoms with Crippen molar-refractivity contribution in [2.24, 2.45) is 0 Å². The molecule has 0 saturated carbocycles. The maximum absolute atomic E-state index is 12.1. The number of nitrogen functional groups attached to an aromatic ring is 1. The molecule has 0 saturated heterocycles. The second-order valence-electron chi connectivity index (χ2n) is 4.42. The monoisotopic (exact) mass is 374 g/mol. The Kier molecular flexibility index (Phi) is 5.00. The number of amides is 1. The van der Waals surface area contributed by atoms with E-state index in [2.05, 4.69) is 31.5 Å². The zero-order chi connectivity index (χ0) is 14.7. The summed E-state index contributed by atoms with van der Waals surface area (Å²) in [5, 5.41) is 6.66. The number of carbonyl (C=O) groups excluding carboxylic acids is 1. The Morgan fingerprint density at radius 2 is 2.20 bits per heavy atom. The highest BCUT2D eigenvalue weighted by Crippen LogP contribution is 2.26. The summed E-state index contributed by atoms with van der Waals surface area (Å²) in [5.74, 6) is 0.0735. The summed E-state index contributed by atoms with van der Waals surface area (Å²) < 4.78 is 1.04. The minimum absolute atomic E-state index is 0.193. The predicted molar refractivity (Wildman–Crippen MR) is 88.5 cm³/mol. The van der Waals surface area contributed by atoms with Crippen molar-refractivity contribution in [3.8, 4) is 0 Å². The van der Waals surface area contributed by atoms with E-state index in [9.17, 15) is 4.79 Å². The molecule has 20 heavy (non-hydrogen) atoms. The molecule has 8 heteroatoms. The number of aromatic nitrogens is 1. The van der Waals surface area contributed by atoms with Crippen molar-refractivity contribution >= 4 is 55.5 Å². The molecule has 2 aromatic heterocycles. The van der Waals surface area contributed by atoms with E-state index < -0.39 is 0 Å². The maximum atomic E-state index is 12.1. The number of thiazole rings is 1. The van der Waals surface area contributed by atoms with Crippen LogP contribution in [0.15, 0.2) is 15.9 Å². The molecule has 2 aromatic rings. The van der Waals surface area contributed by atoms with Crippen LogP contribution < -0.4 is 16.4 Å². The van der Waals surface area contributed by atoms with Crippen molar-refractivity contribution in [1.82, 2.24) is 10.3 Å². The molecule has 0 aliphatic rings. The maximum Gasteiger partial charge on any atom is 0.265 e. The van der Waals surface area contributed by atoms with Crippen molar-refractivity contribution in [3.63, 3.8) is 0 Å². The number of nitrogens with zero attached hydrogens (tertiary/aromatic N) is 1. The fraction of sp³-hybridized carbons (Fsp3) is 0.333. The standard InChI is InChI=1S/C12H15BrN4OS2/c1-6(2)16-12-17-10(14)9(20-12)11(18)15-5-7-3-4-8(13)19-7/h3-4,6H,5,14H2,1-2H3,(H,15,18)(H,16,17). The molecule has 0 aliphatic heterocycles. The van der Waals surface area contributed by atoms with E-state index in [-0.39, 0.29) is 17.8 Å². The predicted octanol–water partition coefficient (Wildman–Crippen LogP) is 3.30. The van der Waals surface area contributed by atoms with Crippen molar-refractivity contribution in [2.75, 3.05) is 11.1 Å². The Bertz CT molecular complexity index is 608. The third kappa shape index (κ3) is 3.94. The van der Waals surface area contributed by atoms with E-state index >= 15 is 0 Å². The Balaban J connectivity index is 2.00. The van der Waals surface area contributed by atoms with Crippen LogP contribution in [0.25, 0.3) is 0 Å². The van der Waals surface area contributed by atoms with E-state index in [0.717, 1.165) is 8.66 Å². The van der Waals surface area contributed by atoms with Gasteiger partial charge in [-0.3, -0.25) is 4.79 Å². The van der Waals surface area contributed by atoms with Gasteiger partial charge in [-0.1, -0.05) is 11.3 Å². The number of hydrogen-bond donors (Lipinski definition) is 3. The highest BCUT2D eigenvalue weighted by Gasteiger charge is 2.16. The molecule has 0 radical (unpaired) electrons. The fourth-order valence-corrected chi connectivity index (χ4v) is 3.87. The lowest BCUT2D eigenvalue weighted by Gasteiger charge is -2.04. The lowest BCUT2D eigenvalue weighted by atomic mass is 10.4. The third-order valence-corrected chi connectivity index (χ3v) is 4.95. The molecule has 0 atom stereocenters. The summed E-state index contributed by atoms with van der Waals surface area (Å²) in [5.41, 5.74) is 5.78. The smallest absolute Gasteiger partial charge is 0.265 e. The molecule has 108 valence electrons. The molecule has 0 spiro atoms. The molecule has 5 nitrogen and oxygen atoms in total. The normalized spacial score (nSPS) is 10.8. The number of hydrogen-bond acceptors (Lipinski definition) is 6. The van der Waals surface area contributed by atoms with Crippen molar-refractivity contribution in [1.29, 1.82) is 0 Å². The minimum Gasteiger partial charge on any atom is -0.382 e. The van der Waals surface area contributed by atoms with E-state index in [0.29, 0.717) is 16.6 Å². The van der Waals surface area contributed by atoms with Gasteiger partial charge in [0.25, 0.3) is 5.91 Å². The van der Waals surface area contributed by atoms with Crippen LogP contribution in [0.3, 0.4) is 0 Å². The number of nitrogens with two attached hydrogens (primary N) is 1. The Hall–Kier alpha value is -1.12. The number of anilines is 2. The molecule has 0 aromatic carbocycles. The fourth-order valence-electron chi connectivity index (χ4n) is 1.50. The van der Waals surface area contributed by atoms with Crippen molar-refractivity contribution in [3.05, 3.63) is 25.7 Å². The first-order valence-electron chi connectivity index (χ1n) is 6.01. The molecule has 2 heterocycles. The molecule has 2 rings (SSSR count). The van der Waals surface area contributed by atoms with Gasteiger partial charge in [0.1, 0.15) is 10.7 Å². The van der Waals surface area contributed by atoms with Crippen molar-refractivity contribution in [2.45, 2.75) is 26.4 Å². The Labute approximate surface area is 133 Å². The average Bonchev–Trinajstić information content (AvgIpc) is 2.92.